The number of anilines is 1. The summed E-state index contributed by atoms with van der Waals surface area (Å²) in [5.74, 6) is 1.10. The lowest BCUT2D eigenvalue weighted by Gasteiger charge is -2.09. The Morgan fingerprint density at radius 2 is 1.79 bits per heavy atom. The van der Waals surface area contributed by atoms with Crippen LogP contribution in [-0.2, 0) is 6.42 Å². The summed E-state index contributed by atoms with van der Waals surface area (Å²) in [6.45, 7) is 2.02. The van der Waals surface area contributed by atoms with Crippen molar-refractivity contribution in [2.24, 2.45) is 0 Å². The number of aromatic nitrogens is 4. The van der Waals surface area contributed by atoms with Crippen LogP contribution < -0.4 is 10.6 Å². The Bertz CT molecular complexity index is 1490. The van der Waals surface area contributed by atoms with E-state index in [1.807, 2.05) is 43.3 Å². The Morgan fingerprint density at radius 1 is 1.06 bits per heavy atom. The highest BCUT2D eigenvalue weighted by Gasteiger charge is 2.15. The zero-order valence-corrected chi connectivity index (χ0v) is 20.2. The molecule has 2 N–H and O–H groups in total. The fourth-order valence-electron chi connectivity index (χ4n) is 3.25. The number of thiocarbonyl (C=S) groups is 1. The number of hydrogen-bond acceptors (Lipinski definition) is 7. The highest BCUT2D eigenvalue weighted by molar-refractivity contribution is 7.80. The van der Waals surface area contributed by atoms with Crippen molar-refractivity contribution in [1.82, 2.24) is 25.1 Å². The standard InChI is InChI=1S/C23H17ClN6O2S2/c1-2-19-27-28-23-30(19)29-21(34-23)14-5-9-16(10-6-14)25-22(33)26-20(31)18-12-11-17(32-18)13-3-7-15(24)8-4-13/h3-12H,2H2,1H3,(H2,25,26,31,33). The van der Waals surface area contributed by atoms with Crippen molar-refractivity contribution >= 4 is 56.8 Å². The van der Waals surface area contributed by atoms with Gasteiger partial charge in [0.2, 0.25) is 4.96 Å². The van der Waals surface area contributed by atoms with Gasteiger partial charge < -0.3 is 9.73 Å². The van der Waals surface area contributed by atoms with Crippen molar-refractivity contribution in [2.75, 3.05) is 5.32 Å². The van der Waals surface area contributed by atoms with E-state index in [1.54, 1.807) is 28.8 Å². The first-order chi connectivity index (χ1) is 16.5. The second kappa shape index (κ2) is 9.34. The van der Waals surface area contributed by atoms with Gasteiger partial charge in [0.15, 0.2) is 16.7 Å². The summed E-state index contributed by atoms with van der Waals surface area (Å²) in [6, 6.07) is 18.1. The average Bonchev–Trinajstić information content (AvgIpc) is 3.56. The minimum Gasteiger partial charge on any atom is -0.451 e. The molecule has 0 spiro atoms. The molecule has 2 aromatic carbocycles. The van der Waals surface area contributed by atoms with Crippen molar-refractivity contribution in [3.8, 4) is 21.9 Å². The lowest BCUT2D eigenvalue weighted by molar-refractivity contribution is 0.0951. The van der Waals surface area contributed by atoms with Gasteiger partial charge in [-0.05, 0) is 72.9 Å². The second-order valence-corrected chi connectivity index (χ2v) is 9.03. The van der Waals surface area contributed by atoms with Gasteiger partial charge in [-0.2, -0.15) is 9.61 Å². The number of nitrogens with zero attached hydrogens (tertiary/aromatic N) is 4. The summed E-state index contributed by atoms with van der Waals surface area (Å²) >= 11 is 12.7. The summed E-state index contributed by atoms with van der Waals surface area (Å²) in [5.41, 5.74) is 2.50. The number of rotatable bonds is 5. The van der Waals surface area contributed by atoms with Crippen molar-refractivity contribution in [1.29, 1.82) is 0 Å². The first-order valence-electron chi connectivity index (χ1n) is 10.3. The normalized spacial score (nSPS) is 11.0. The topological polar surface area (TPSA) is 97.3 Å². The zero-order valence-electron chi connectivity index (χ0n) is 17.8. The van der Waals surface area contributed by atoms with Gasteiger partial charge in [0.1, 0.15) is 10.8 Å². The van der Waals surface area contributed by atoms with Crippen LogP contribution in [0.1, 0.15) is 23.3 Å². The zero-order chi connectivity index (χ0) is 23.7. The highest BCUT2D eigenvalue weighted by Crippen LogP contribution is 2.27. The van der Waals surface area contributed by atoms with Gasteiger partial charge in [-0.15, -0.1) is 10.2 Å². The number of carbonyl (C=O) groups excluding carboxylic acids is 1. The number of fused-ring (bicyclic) bond motifs is 1. The van der Waals surface area contributed by atoms with Crippen LogP contribution in [0.4, 0.5) is 5.69 Å². The van der Waals surface area contributed by atoms with Crippen LogP contribution in [0.5, 0.6) is 0 Å². The van der Waals surface area contributed by atoms with E-state index in [0.29, 0.717) is 10.8 Å². The third-order valence-corrected chi connectivity index (χ3v) is 6.35. The van der Waals surface area contributed by atoms with E-state index in [0.717, 1.165) is 39.0 Å². The molecule has 8 nitrogen and oxygen atoms in total. The number of benzene rings is 2. The molecular formula is C23H17ClN6O2S2. The number of hydrogen-bond donors (Lipinski definition) is 2. The predicted octanol–water partition coefficient (Wildman–Crippen LogP) is 5.46. The minimum atomic E-state index is -0.444. The molecule has 0 saturated heterocycles. The molecule has 0 aliphatic carbocycles. The van der Waals surface area contributed by atoms with E-state index in [9.17, 15) is 4.79 Å². The lowest BCUT2D eigenvalue weighted by atomic mass is 10.2. The van der Waals surface area contributed by atoms with Crippen LogP contribution in [0, 0.1) is 0 Å². The molecule has 5 aromatic rings. The third kappa shape index (κ3) is 4.56. The van der Waals surface area contributed by atoms with Crippen molar-refractivity contribution < 1.29 is 9.21 Å². The summed E-state index contributed by atoms with van der Waals surface area (Å²) in [7, 11) is 0. The first kappa shape index (κ1) is 22.2. The van der Waals surface area contributed by atoms with Crippen molar-refractivity contribution in [3.63, 3.8) is 0 Å². The largest absolute Gasteiger partial charge is 0.451 e. The Balaban J connectivity index is 1.21. The van der Waals surface area contributed by atoms with Crippen LogP contribution in [0.15, 0.2) is 65.1 Å². The molecule has 5 rings (SSSR count). The van der Waals surface area contributed by atoms with Crippen molar-refractivity contribution in [3.05, 3.63) is 77.3 Å². The average molecular weight is 509 g/mol. The van der Waals surface area contributed by atoms with E-state index in [2.05, 4.69) is 25.9 Å². The molecule has 1 amide bonds. The fraction of sp³-hybridized carbons (Fsp3) is 0.0870. The Hall–Kier alpha value is -3.60. The van der Waals surface area contributed by atoms with Crippen LogP contribution in [0.25, 0.3) is 26.9 Å². The Labute approximate surface area is 208 Å². The second-order valence-electron chi connectivity index (χ2n) is 7.23. The fourth-order valence-corrected chi connectivity index (χ4v) is 4.45. The number of halogens is 1. The van der Waals surface area contributed by atoms with Crippen LogP contribution >= 0.6 is 35.2 Å². The quantitative estimate of drug-likeness (QED) is 0.304. The van der Waals surface area contributed by atoms with Gasteiger partial charge in [0.25, 0.3) is 5.91 Å². The number of aryl methyl sites for hydroxylation is 1. The van der Waals surface area contributed by atoms with Gasteiger partial charge in [0, 0.05) is 28.3 Å². The van der Waals surface area contributed by atoms with E-state index in [-0.39, 0.29) is 10.9 Å². The predicted molar refractivity (Wildman–Crippen MR) is 136 cm³/mol. The van der Waals surface area contributed by atoms with Gasteiger partial charge in [-0.3, -0.25) is 10.1 Å². The number of carbonyl (C=O) groups is 1. The SMILES string of the molecule is CCc1nnc2sc(-c3ccc(NC(=S)NC(=O)c4ccc(-c5ccc(Cl)cc5)o4)cc3)nn12. The van der Waals surface area contributed by atoms with E-state index < -0.39 is 5.91 Å². The first-order valence-corrected chi connectivity index (χ1v) is 11.9. The Kier molecular flexibility index (Phi) is 6.10. The molecule has 3 heterocycles. The van der Waals surface area contributed by atoms with E-state index >= 15 is 0 Å². The minimum absolute atomic E-state index is 0.152. The monoisotopic (exact) mass is 508 g/mol. The maximum Gasteiger partial charge on any atom is 0.293 e. The van der Waals surface area contributed by atoms with Crippen LogP contribution in [0.3, 0.4) is 0 Å². The van der Waals surface area contributed by atoms with Gasteiger partial charge in [-0.25, -0.2) is 0 Å². The molecule has 0 aliphatic heterocycles. The smallest absolute Gasteiger partial charge is 0.293 e. The molecule has 170 valence electrons. The maximum absolute atomic E-state index is 12.5. The molecular weight excluding hydrogens is 492 g/mol. The van der Waals surface area contributed by atoms with Gasteiger partial charge in [0.05, 0.1) is 0 Å². The maximum atomic E-state index is 12.5. The molecule has 3 aromatic heterocycles. The molecule has 0 aliphatic rings. The summed E-state index contributed by atoms with van der Waals surface area (Å²) in [4.78, 5) is 13.3. The molecule has 0 saturated carbocycles. The number of nitrogens with one attached hydrogen (secondary N) is 2. The van der Waals surface area contributed by atoms with Gasteiger partial charge >= 0.3 is 0 Å². The van der Waals surface area contributed by atoms with E-state index in [4.69, 9.17) is 28.2 Å². The molecule has 11 heteroatoms. The highest BCUT2D eigenvalue weighted by atomic mass is 35.5. The van der Waals surface area contributed by atoms with E-state index in [1.165, 1.54) is 11.3 Å². The lowest BCUT2D eigenvalue weighted by Crippen LogP contribution is -2.33. The molecule has 0 bridgehead atoms. The van der Waals surface area contributed by atoms with Crippen molar-refractivity contribution in [2.45, 2.75) is 13.3 Å². The van der Waals surface area contributed by atoms with Crippen LogP contribution in [-0.4, -0.2) is 30.8 Å². The summed E-state index contributed by atoms with van der Waals surface area (Å²) in [6.07, 6.45) is 0.761. The van der Waals surface area contributed by atoms with Gasteiger partial charge in [-0.1, -0.05) is 29.9 Å². The number of furan rings is 1. The summed E-state index contributed by atoms with van der Waals surface area (Å²) < 4.78 is 7.43. The summed E-state index contributed by atoms with van der Waals surface area (Å²) in [5, 5.41) is 20.1. The molecule has 0 fully saturated rings. The Morgan fingerprint density at radius 3 is 2.53 bits per heavy atom. The number of amides is 1. The molecule has 0 atom stereocenters. The molecule has 0 unspecified atom stereocenters. The molecule has 34 heavy (non-hydrogen) atoms. The molecule has 0 radical (unpaired) electrons. The third-order valence-electron chi connectivity index (χ3n) is 4.95. The van der Waals surface area contributed by atoms with Crippen LogP contribution in [0.2, 0.25) is 5.02 Å².